The van der Waals surface area contributed by atoms with Crippen LogP contribution < -0.4 is 16.0 Å². The Balaban J connectivity index is 0.000000381. The zero-order chi connectivity index (χ0) is 54.4. The number of fused-ring (bicyclic) bond motifs is 2. The Labute approximate surface area is 423 Å². The first-order valence-corrected chi connectivity index (χ1v) is 24.2. The summed E-state index contributed by atoms with van der Waals surface area (Å²) in [6.07, 6.45) is -4.23. The highest BCUT2D eigenvalue weighted by Crippen LogP contribution is 2.33. The maximum atomic E-state index is 12.7. The molecule has 0 aromatic rings. The van der Waals surface area contributed by atoms with Crippen LogP contribution in [0.4, 0.5) is 24.0 Å². The van der Waals surface area contributed by atoms with Crippen LogP contribution in [0, 0.1) is 11.8 Å². The van der Waals surface area contributed by atoms with Crippen LogP contribution in [0.5, 0.6) is 0 Å². The second-order valence-corrected chi connectivity index (χ2v) is 22.5. The summed E-state index contributed by atoms with van der Waals surface area (Å²) in [4.78, 5) is 92.8. The highest BCUT2D eigenvalue weighted by Gasteiger charge is 2.51. The average molecular weight is 1030 g/mol. The number of alkyl carbamates (subject to hydrolysis) is 2. The normalized spacial score (nSPS) is 22.8. The molecule has 0 aromatic carbocycles. The molecule has 23 nitrogen and oxygen atoms in total. The van der Waals surface area contributed by atoms with E-state index in [1.165, 1.54) is 9.80 Å². The molecule has 4 heterocycles. The molecule has 0 radical (unpaired) electrons. The van der Waals surface area contributed by atoms with Crippen molar-refractivity contribution in [3.63, 3.8) is 0 Å². The molecular weight excluding hydrogens is 951 g/mol. The lowest BCUT2D eigenvalue weighted by molar-refractivity contribution is -0.130. The van der Waals surface area contributed by atoms with Crippen molar-refractivity contribution in [1.82, 2.24) is 30.7 Å². The predicted octanol–water partition coefficient (Wildman–Crippen LogP) is 4.03. The lowest BCUT2D eigenvalue weighted by Crippen LogP contribution is -2.48. The molecule has 24 heteroatoms. The highest BCUT2D eigenvalue weighted by atomic mass is 32.1. The van der Waals surface area contributed by atoms with Crippen LogP contribution in [0.15, 0.2) is 17.4 Å². The van der Waals surface area contributed by atoms with Gasteiger partial charge in [-0.1, -0.05) is 6.58 Å². The number of carbonyl (C=O) groups excluding carboxylic acids is 7. The number of aliphatic imine (C=N–C) groups is 1. The molecule has 4 saturated heterocycles. The number of ketones is 2. The molecule has 4 aliphatic rings. The maximum Gasteiger partial charge on any atom is 0.435 e. The van der Waals surface area contributed by atoms with Gasteiger partial charge >= 0.3 is 30.5 Å². The highest BCUT2D eigenvalue weighted by molar-refractivity contribution is 7.81. The standard InChI is InChI=1S/C21H35N3O7.C14H24N2O5.C12H22N2O4S/c1-13(22-18(27)30-20(2,3)4)23-8-9-29-17-14(10-23)11-24(16(17)15(26)12-25)19(28)31-21(5,6)7;1-14(2,3)21-13(19)16-7-9-6-15-4-5-20-12(9)11(16)10(18)8-17;1-11(2,3)17-9(15)13-8(7-19)14-10(16)18-12(4,5)6/h14,16-17,25H,1,8-12H2,2-7H3,(H,22,27);9,11-12,15,17H,4-8H2,1-3H3;19H,7H2,1-6H3,(H,13,14,15,16)/t14-,16+,17+;9-,11+,12+;/m00./s1. The molecule has 0 unspecified atom stereocenters. The summed E-state index contributed by atoms with van der Waals surface area (Å²) >= 11 is 3.98. The monoisotopic (exact) mass is 1030 g/mol. The Morgan fingerprint density at radius 3 is 1.49 bits per heavy atom. The van der Waals surface area contributed by atoms with Gasteiger partial charge in [-0.15, -0.1) is 0 Å². The van der Waals surface area contributed by atoms with Crippen LogP contribution in [-0.4, -0.2) is 197 Å². The molecule has 4 fully saturated rings. The number of carbonyl (C=O) groups is 7. The minimum absolute atomic E-state index is 0.0283. The molecule has 0 spiro atoms. The number of hydrogen-bond acceptors (Lipinski definition) is 19. The molecule has 6 atom stereocenters. The number of likely N-dealkylation sites (tertiary alicyclic amines) is 2. The lowest BCUT2D eigenvalue weighted by Gasteiger charge is -2.29. The van der Waals surface area contributed by atoms with Crippen molar-refractivity contribution in [2.75, 3.05) is 71.4 Å². The van der Waals surface area contributed by atoms with Crippen molar-refractivity contribution in [2.45, 2.75) is 156 Å². The Morgan fingerprint density at radius 2 is 1.06 bits per heavy atom. The SMILES string of the molecule is C=C(NC(=O)OC(C)(C)C)N1CCO[C@@H]2[C@@H](C1)CN(C(=O)OC(C)(C)C)[C@@H]2C(=O)CO.CC(C)(C)OC(=O)N1C[C@@H]2CNCCO[C@H]2[C@H]1C(=O)CO.CC(C)(C)OC(=O)N=C(CS)NC(=O)OC(C)(C)C. The summed E-state index contributed by atoms with van der Waals surface area (Å²) in [5, 5.41) is 26.8. The number of aliphatic hydroxyl groups is 2. The molecule has 4 rings (SSSR count). The number of nitrogens with one attached hydrogen (secondary N) is 3. The van der Waals surface area contributed by atoms with Crippen molar-refractivity contribution in [2.24, 2.45) is 16.8 Å². The van der Waals surface area contributed by atoms with E-state index in [0.29, 0.717) is 38.6 Å². The maximum absolute atomic E-state index is 12.7. The first-order valence-electron chi connectivity index (χ1n) is 23.5. The van der Waals surface area contributed by atoms with Crippen molar-refractivity contribution < 1.29 is 76.9 Å². The molecular formula is C47H81N7O16S. The first-order chi connectivity index (χ1) is 32.5. The summed E-state index contributed by atoms with van der Waals surface area (Å²) in [5.74, 6) is -0.620. The molecule has 406 valence electrons. The van der Waals surface area contributed by atoms with Gasteiger partial charge in [0.1, 0.15) is 65.0 Å². The molecule has 0 aliphatic carbocycles. The van der Waals surface area contributed by atoms with E-state index >= 15 is 0 Å². The van der Waals surface area contributed by atoms with Crippen molar-refractivity contribution in [3.05, 3.63) is 12.4 Å². The number of ether oxygens (including phenoxy) is 7. The number of amidine groups is 1. The predicted molar refractivity (Wildman–Crippen MR) is 264 cm³/mol. The zero-order valence-corrected chi connectivity index (χ0v) is 45.2. The quantitative estimate of drug-likeness (QED) is 0.0909. The molecule has 0 aromatic heterocycles. The molecule has 5 N–H and O–H groups in total. The average Bonchev–Trinajstić information content (AvgIpc) is 3.55. The smallest absolute Gasteiger partial charge is 0.435 e. The fourth-order valence-electron chi connectivity index (χ4n) is 7.42. The second-order valence-electron chi connectivity index (χ2n) is 22.1. The topological polar surface area (TPSA) is 283 Å². The number of Topliss-reactive ketones (excluding diaryl/α,β-unsaturated/α-hetero) is 2. The lowest BCUT2D eigenvalue weighted by atomic mass is 9.99. The van der Waals surface area contributed by atoms with Gasteiger partial charge in [-0.25, -0.2) is 24.0 Å². The van der Waals surface area contributed by atoms with E-state index in [1.807, 2.05) is 4.90 Å². The van der Waals surface area contributed by atoms with Crippen LogP contribution in [0.25, 0.3) is 0 Å². The first kappa shape index (κ1) is 62.4. The second kappa shape index (κ2) is 26.3. The third kappa shape index (κ3) is 22.3. The van der Waals surface area contributed by atoms with Gasteiger partial charge in [0.2, 0.25) is 0 Å². The Morgan fingerprint density at radius 1 is 0.634 bits per heavy atom. The van der Waals surface area contributed by atoms with Crippen molar-refractivity contribution in [1.29, 1.82) is 0 Å². The van der Waals surface area contributed by atoms with Crippen LogP contribution in [-0.2, 0) is 42.7 Å². The Hall–Kier alpha value is -4.75. The number of amides is 5. The number of hydrogen-bond donors (Lipinski definition) is 6. The van der Waals surface area contributed by atoms with E-state index in [2.05, 4.69) is 40.2 Å². The summed E-state index contributed by atoms with van der Waals surface area (Å²) < 4.78 is 37.8. The van der Waals surface area contributed by atoms with E-state index in [4.69, 9.17) is 33.2 Å². The van der Waals surface area contributed by atoms with E-state index in [-0.39, 0.29) is 42.7 Å². The number of nitrogens with zero attached hydrogens (tertiary/aromatic N) is 4. The molecule has 4 aliphatic heterocycles. The molecule has 5 amide bonds. The minimum Gasteiger partial charge on any atom is -0.444 e. The zero-order valence-electron chi connectivity index (χ0n) is 44.3. The van der Waals surface area contributed by atoms with Crippen LogP contribution >= 0.6 is 12.6 Å². The minimum atomic E-state index is -0.933. The fraction of sp³-hybridized carbons (Fsp3) is 0.787. The number of thiol groups is 1. The molecule has 71 heavy (non-hydrogen) atoms. The van der Waals surface area contributed by atoms with Gasteiger partial charge in [-0.2, -0.15) is 17.6 Å². The number of rotatable bonds is 7. The van der Waals surface area contributed by atoms with Gasteiger partial charge < -0.3 is 53.6 Å². The van der Waals surface area contributed by atoms with Crippen molar-refractivity contribution in [3.8, 4) is 0 Å². The fourth-order valence-corrected chi connectivity index (χ4v) is 7.57. The van der Waals surface area contributed by atoms with Gasteiger partial charge in [0.25, 0.3) is 0 Å². The van der Waals surface area contributed by atoms with E-state index in [1.54, 1.807) is 104 Å². The third-order valence-electron chi connectivity index (χ3n) is 9.88. The summed E-state index contributed by atoms with van der Waals surface area (Å²) in [7, 11) is 0. The number of aliphatic hydroxyl groups excluding tert-OH is 2. The Bertz CT molecular complexity index is 1900. The van der Waals surface area contributed by atoms with Gasteiger partial charge in [0.05, 0.1) is 25.4 Å². The van der Waals surface area contributed by atoms with E-state index in [9.17, 15) is 43.8 Å². The summed E-state index contributed by atoms with van der Waals surface area (Å²) in [6.45, 7) is 32.4. The van der Waals surface area contributed by atoms with Gasteiger partial charge in [0, 0.05) is 56.9 Å². The Kier molecular flexibility index (Phi) is 23.1. The summed E-state index contributed by atoms with van der Waals surface area (Å²) in [6, 6.07) is -1.70. The van der Waals surface area contributed by atoms with E-state index in [0.717, 1.165) is 6.54 Å². The van der Waals surface area contributed by atoms with Gasteiger partial charge in [-0.05, 0) is 104 Å². The van der Waals surface area contributed by atoms with Gasteiger partial charge in [-0.3, -0.25) is 30.0 Å². The molecule has 0 saturated carbocycles. The molecule has 0 bridgehead atoms. The van der Waals surface area contributed by atoms with Gasteiger partial charge in [0.15, 0.2) is 11.6 Å². The largest absolute Gasteiger partial charge is 0.444 e. The van der Waals surface area contributed by atoms with Crippen molar-refractivity contribution >= 4 is 60.5 Å². The van der Waals surface area contributed by atoms with E-state index < -0.39 is 101 Å². The summed E-state index contributed by atoms with van der Waals surface area (Å²) in [5.41, 5.74) is -3.28. The van der Waals surface area contributed by atoms with Crippen LogP contribution in [0.3, 0.4) is 0 Å². The van der Waals surface area contributed by atoms with Crippen LogP contribution in [0.2, 0.25) is 0 Å². The third-order valence-corrected chi connectivity index (χ3v) is 10.2. The van der Waals surface area contributed by atoms with Crippen LogP contribution in [0.1, 0.15) is 104 Å².